The third kappa shape index (κ3) is 2.00. The summed E-state index contributed by atoms with van der Waals surface area (Å²) in [6.07, 6.45) is 2.19. The quantitative estimate of drug-likeness (QED) is 0.734. The highest BCUT2D eigenvalue weighted by atomic mass is 16.5. The SMILES string of the molecule is CCc1cc2c(cc1OC)CCN(C)C2. The molecule has 0 radical (unpaired) electrons. The van der Waals surface area contributed by atoms with Crippen LogP contribution < -0.4 is 4.74 Å². The number of benzene rings is 1. The van der Waals surface area contributed by atoms with Gasteiger partial charge < -0.3 is 9.64 Å². The molecule has 2 heteroatoms. The third-order valence-corrected chi connectivity index (χ3v) is 3.19. The Bertz CT molecular complexity index is 360. The fraction of sp³-hybridized carbons (Fsp3) is 0.538. The van der Waals surface area contributed by atoms with Crippen molar-refractivity contribution in [2.75, 3.05) is 20.7 Å². The zero-order valence-corrected chi connectivity index (χ0v) is 9.84. The summed E-state index contributed by atoms with van der Waals surface area (Å²) in [5.74, 6) is 1.06. The minimum atomic E-state index is 1.04. The Morgan fingerprint density at radius 2 is 2.13 bits per heavy atom. The zero-order chi connectivity index (χ0) is 10.8. The van der Waals surface area contributed by atoms with Crippen LogP contribution in [0.3, 0.4) is 0 Å². The molecule has 0 unspecified atom stereocenters. The number of likely N-dealkylation sites (N-methyl/N-ethyl adjacent to an activating group) is 1. The van der Waals surface area contributed by atoms with Crippen LogP contribution in [0.5, 0.6) is 5.75 Å². The van der Waals surface area contributed by atoms with Crippen molar-refractivity contribution in [3.05, 3.63) is 28.8 Å². The molecule has 0 atom stereocenters. The molecule has 1 heterocycles. The van der Waals surface area contributed by atoms with E-state index in [0.29, 0.717) is 0 Å². The second kappa shape index (κ2) is 4.23. The number of methoxy groups -OCH3 is 1. The van der Waals surface area contributed by atoms with Gasteiger partial charge in [-0.05, 0) is 42.6 Å². The van der Waals surface area contributed by atoms with Crippen LogP contribution in [0.4, 0.5) is 0 Å². The van der Waals surface area contributed by atoms with Crippen LogP contribution in [0.1, 0.15) is 23.6 Å². The van der Waals surface area contributed by atoms with E-state index in [0.717, 1.165) is 31.7 Å². The van der Waals surface area contributed by atoms with Gasteiger partial charge in [0.25, 0.3) is 0 Å². The van der Waals surface area contributed by atoms with E-state index < -0.39 is 0 Å². The fourth-order valence-electron chi connectivity index (χ4n) is 2.25. The van der Waals surface area contributed by atoms with Crippen molar-refractivity contribution < 1.29 is 4.74 Å². The first-order valence-corrected chi connectivity index (χ1v) is 5.61. The number of nitrogens with zero attached hydrogens (tertiary/aromatic N) is 1. The van der Waals surface area contributed by atoms with E-state index >= 15 is 0 Å². The molecule has 0 N–H and O–H groups in total. The van der Waals surface area contributed by atoms with Gasteiger partial charge in [0.1, 0.15) is 5.75 Å². The highest BCUT2D eigenvalue weighted by Gasteiger charge is 2.15. The van der Waals surface area contributed by atoms with Crippen molar-refractivity contribution in [3.8, 4) is 5.75 Å². The Kier molecular flexibility index (Phi) is 2.96. The lowest BCUT2D eigenvalue weighted by Crippen LogP contribution is -2.26. The first kappa shape index (κ1) is 10.5. The first-order chi connectivity index (χ1) is 7.24. The standard InChI is InChI=1S/C13H19NO/c1-4-10-7-12-9-14(2)6-5-11(12)8-13(10)15-3/h7-8H,4-6,9H2,1-3H3. The molecule has 0 fully saturated rings. The van der Waals surface area contributed by atoms with Gasteiger partial charge in [0.15, 0.2) is 0 Å². The third-order valence-electron chi connectivity index (χ3n) is 3.19. The molecular formula is C13H19NO. The van der Waals surface area contributed by atoms with Crippen molar-refractivity contribution in [2.45, 2.75) is 26.3 Å². The predicted molar refractivity (Wildman–Crippen MR) is 62.4 cm³/mol. The number of aryl methyl sites for hydroxylation is 1. The molecule has 1 aliphatic rings. The van der Waals surface area contributed by atoms with E-state index in [1.807, 2.05) is 0 Å². The zero-order valence-electron chi connectivity index (χ0n) is 9.84. The van der Waals surface area contributed by atoms with Crippen LogP contribution >= 0.6 is 0 Å². The van der Waals surface area contributed by atoms with E-state index in [1.54, 1.807) is 7.11 Å². The average Bonchev–Trinajstić information content (AvgIpc) is 2.27. The summed E-state index contributed by atoms with van der Waals surface area (Å²) in [7, 11) is 3.94. The number of rotatable bonds is 2. The van der Waals surface area contributed by atoms with Crippen molar-refractivity contribution in [2.24, 2.45) is 0 Å². The van der Waals surface area contributed by atoms with E-state index in [2.05, 4.69) is 31.0 Å². The first-order valence-electron chi connectivity index (χ1n) is 5.61. The van der Waals surface area contributed by atoms with E-state index in [1.165, 1.54) is 16.7 Å². The molecule has 1 aromatic rings. The summed E-state index contributed by atoms with van der Waals surface area (Å²) in [6, 6.07) is 4.53. The maximum Gasteiger partial charge on any atom is 0.122 e. The maximum absolute atomic E-state index is 5.42. The van der Waals surface area contributed by atoms with Gasteiger partial charge in [-0.1, -0.05) is 13.0 Å². The van der Waals surface area contributed by atoms with Crippen molar-refractivity contribution in [1.29, 1.82) is 0 Å². The van der Waals surface area contributed by atoms with Crippen LogP contribution in [0.15, 0.2) is 12.1 Å². The summed E-state index contributed by atoms with van der Waals surface area (Å²) in [4.78, 5) is 2.37. The second-order valence-corrected chi connectivity index (χ2v) is 4.27. The van der Waals surface area contributed by atoms with Gasteiger partial charge in [0, 0.05) is 13.1 Å². The van der Waals surface area contributed by atoms with E-state index in [-0.39, 0.29) is 0 Å². The van der Waals surface area contributed by atoms with Crippen molar-refractivity contribution >= 4 is 0 Å². The minimum Gasteiger partial charge on any atom is -0.496 e. The summed E-state index contributed by atoms with van der Waals surface area (Å²) in [5, 5.41) is 0. The summed E-state index contributed by atoms with van der Waals surface area (Å²) in [5.41, 5.74) is 4.26. The molecule has 0 amide bonds. The fourth-order valence-corrected chi connectivity index (χ4v) is 2.25. The Morgan fingerprint density at radius 1 is 1.33 bits per heavy atom. The number of hydrogen-bond donors (Lipinski definition) is 0. The number of ether oxygens (including phenoxy) is 1. The maximum atomic E-state index is 5.42. The van der Waals surface area contributed by atoms with Gasteiger partial charge in [0.2, 0.25) is 0 Å². The number of fused-ring (bicyclic) bond motifs is 1. The molecule has 2 rings (SSSR count). The topological polar surface area (TPSA) is 12.5 Å². The van der Waals surface area contributed by atoms with Gasteiger partial charge >= 0.3 is 0 Å². The second-order valence-electron chi connectivity index (χ2n) is 4.27. The molecule has 0 aliphatic carbocycles. The molecule has 2 nitrogen and oxygen atoms in total. The average molecular weight is 205 g/mol. The van der Waals surface area contributed by atoms with Crippen LogP contribution in [-0.2, 0) is 19.4 Å². The smallest absolute Gasteiger partial charge is 0.122 e. The molecule has 0 spiro atoms. The summed E-state index contributed by atoms with van der Waals surface area (Å²) in [6.45, 7) is 4.41. The lowest BCUT2D eigenvalue weighted by molar-refractivity contribution is 0.311. The van der Waals surface area contributed by atoms with Gasteiger partial charge in [-0.25, -0.2) is 0 Å². The largest absolute Gasteiger partial charge is 0.496 e. The monoisotopic (exact) mass is 205 g/mol. The molecule has 1 aromatic carbocycles. The predicted octanol–water partition coefficient (Wildman–Crippen LogP) is 2.25. The van der Waals surface area contributed by atoms with Gasteiger partial charge in [-0.3, -0.25) is 0 Å². The van der Waals surface area contributed by atoms with Gasteiger partial charge in [-0.2, -0.15) is 0 Å². The van der Waals surface area contributed by atoms with Crippen LogP contribution in [0, 0.1) is 0 Å². The van der Waals surface area contributed by atoms with E-state index in [9.17, 15) is 0 Å². The van der Waals surface area contributed by atoms with Crippen LogP contribution in [0.2, 0.25) is 0 Å². The molecule has 82 valence electrons. The Hall–Kier alpha value is -1.02. The molecule has 0 saturated carbocycles. The Balaban J connectivity index is 2.41. The van der Waals surface area contributed by atoms with Gasteiger partial charge in [-0.15, -0.1) is 0 Å². The lowest BCUT2D eigenvalue weighted by Gasteiger charge is -2.26. The van der Waals surface area contributed by atoms with Crippen LogP contribution in [-0.4, -0.2) is 25.6 Å². The highest BCUT2D eigenvalue weighted by Crippen LogP contribution is 2.27. The molecule has 0 aromatic heterocycles. The molecule has 15 heavy (non-hydrogen) atoms. The van der Waals surface area contributed by atoms with Crippen molar-refractivity contribution in [1.82, 2.24) is 4.90 Å². The highest BCUT2D eigenvalue weighted by molar-refractivity contribution is 5.43. The molecule has 0 bridgehead atoms. The van der Waals surface area contributed by atoms with E-state index in [4.69, 9.17) is 4.74 Å². The Labute approximate surface area is 91.9 Å². The van der Waals surface area contributed by atoms with Crippen molar-refractivity contribution in [3.63, 3.8) is 0 Å². The lowest BCUT2D eigenvalue weighted by atomic mass is 9.96. The molecule has 0 saturated heterocycles. The molecule has 1 aliphatic heterocycles. The summed E-state index contributed by atoms with van der Waals surface area (Å²) < 4.78 is 5.42. The minimum absolute atomic E-state index is 1.04. The summed E-state index contributed by atoms with van der Waals surface area (Å²) >= 11 is 0. The van der Waals surface area contributed by atoms with Crippen LogP contribution in [0.25, 0.3) is 0 Å². The molecular weight excluding hydrogens is 186 g/mol. The van der Waals surface area contributed by atoms with Gasteiger partial charge in [0.05, 0.1) is 7.11 Å². The Morgan fingerprint density at radius 3 is 2.80 bits per heavy atom. The number of hydrogen-bond acceptors (Lipinski definition) is 2. The normalized spacial score (nSPS) is 16.2.